The van der Waals surface area contributed by atoms with Gasteiger partial charge in [-0.05, 0) is 24.6 Å². The van der Waals surface area contributed by atoms with Gasteiger partial charge in [0.25, 0.3) is 0 Å². The first-order chi connectivity index (χ1) is 10.6. The van der Waals surface area contributed by atoms with E-state index in [9.17, 15) is 13.9 Å². The predicted molar refractivity (Wildman–Crippen MR) is 80.1 cm³/mol. The maximum Gasteiger partial charge on any atom is 0.208 e. The molecule has 1 atom stereocenters. The molecule has 22 heavy (non-hydrogen) atoms. The SMILES string of the molecule is CCC[C@@H](O)c1ccc2c(oc3c(F)c(OC)ccc32)c1F. The second-order valence-electron chi connectivity index (χ2n) is 5.21. The van der Waals surface area contributed by atoms with Gasteiger partial charge in [0, 0.05) is 16.3 Å². The zero-order valence-electron chi connectivity index (χ0n) is 12.3. The Kier molecular flexibility index (Phi) is 3.74. The van der Waals surface area contributed by atoms with Crippen LogP contribution in [-0.4, -0.2) is 12.2 Å². The van der Waals surface area contributed by atoms with E-state index in [0.717, 1.165) is 6.42 Å². The Hall–Kier alpha value is -2.14. The molecule has 0 saturated carbocycles. The molecule has 3 rings (SSSR count). The van der Waals surface area contributed by atoms with Crippen LogP contribution in [-0.2, 0) is 0 Å². The second-order valence-corrected chi connectivity index (χ2v) is 5.21. The molecule has 0 spiro atoms. The first kappa shape index (κ1) is 14.8. The molecule has 0 aliphatic carbocycles. The lowest BCUT2D eigenvalue weighted by atomic mass is 10.0. The molecule has 3 nitrogen and oxygen atoms in total. The van der Waals surface area contributed by atoms with Gasteiger partial charge in [-0.2, -0.15) is 4.39 Å². The Morgan fingerprint density at radius 3 is 2.36 bits per heavy atom. The number of hydrogen-bond acceptors (Lipinski definition) is 3. The van der Waals surface area contributed by atoms with Crippen molar-refractivity contribution in [1.29, 1.82) is 0 Å². The summed E-state index contributed by atoms with van der Waals surface area (Å²) in [5, 5.41) is 10.9. The summed E-state index contributed by atoms with van der Waals surface area (Å²) in [6.45, 7) is 1.91. The molecule has 0 amide bonds. The van der Waals surface area contributed by atoms with Crippen molar-refractivity contribution in [2.24, 2.45) is 0 Å². The van der Waals surface area contributed by atoms with E-state index in [2.05, 4.69) is 0 Å². The molecule has 1 heterocycles. The van der Waals surface area contributed by atoms with Crippen LogP contribution in [0.2, 0.25) is 0 Å². The van der Waals surface area contributed by atoms with Crippen molar-refractivity contribution in [2.75, 3.05) is 7.11 Å². The summed E-state index contributed by atoms with van der Waals surface area (Å²) >= 11 is 0. The van der Waals surface area contributed by atoms with Crippen LogP contribution >= 0.6 is 0 Å². The Labute approximate surface area is 126 Å². The van der Waals surface area contributed by atoms with E-state index < -0.39 is 17.7 Å². The number of methoxy groups -OCH3 is 1. The zero-order valence-corrected chi connectivity index (χ0v) is 12.3. The summed E-state index contributed by atoms with van der Waals surface area (Å²) in [7, 11) is 1.35. The molecule has 0 unspecified atom stereocenters. The van der Waals surface area contributed by atoms with Gasteiger partial charge in [-0.3, -0.25) is 0 Å². The lowest BCUT2D eigenvalue weighted by molar-refractivity contribution is 0.162. The quantitative estimate of drug-likeness (QED) is 0.759. The Balaban J connectivity index is 2.27. The monoisotopic (exact) mass is 306 g/mol. The molecule has 3 aromatic rings. The summed E-state index contributed by atoms with van der Waals surface area (Å²) in [5.74, 6) is -1.27. The molecule has 0 aliphatic heterocycles. The first-order valence-electron chi connectivity index (χ1n) is 7.13. The molecule has 116 valence electrons. The first-order valence-corrected chi connectivity index (χ1v) is 7.13. The van der Waals surface area contributed by atoms with E-state index in [4.69, 9.17) is 9.15 Å². The smallest absolute Gasteiger partial charge is 0.208 e. The van der Waals surface area contributed by atoms with Crippen LogP contribution in [0.3, 0.4) is 0 Å². The molecule has 0 radical (unpaired) electrons. The van der Waals surface area contributed by atoms with Crippen molar-refractivity contribution in [1.82, 2.24) is 0 Å². The van der Waals surface area contributed by atoms with Gasteiger partial charge in [-0.25, -0.2) is 4.39 Å². The molecule has 2 aromatic carbocycles. The highest BCUT2D eigenvalue weighted by molar-refractivity contribution is 6.05. The largest absolute Gasteiger partial charge is 0.494 e. The van der Waals surface area contributed by atoms with E-state index in [0.29, 0.717) is 17.2 Å². The second kappa shape index (κ2) is 5.57. The number of furan rings is 1. The number of benzene rings is 2. The molecule has 0 bridgehead atoms. The number of ether oxygens (including phenoxy) is 1. The number of rotatable bonds is 4. The van der Waals surface area contributed by atoms with Crippen molar-refractivity contribution in [3.05, 3.63) is 41.5 Å². The molecular formula is C17H16F2O3. The number of aliphatic hydroxyl groups excluding tert-OH is 1. The Morgan fingerprint density at radius 2 is 1.73 bits per heavy atom. The topological polar surface area (TPSA) is 42.6 Å². The lowest BCUT2D eigenvalue weighted by Gasteiger charge is -2.10. The van der Waals surface area contributed by atoms with Crippen LogP contribution in [0.5, 0.6) is 5.75 Å². The molecule has 1 aromatic heterocycles. The van der Waals surface area contributed by atoms with Crippen LogP contribution in [0.4, 0.5) is 8.78 Å². The molecular weight excluding hydrogens is 290 g/mol. The maximum absolute atomic E-state index is 14.6. The summed E-state index contributed by atoms with van der Waals surface area (Å²) in [5.41, 5.74) is 0.0750. The van der Waals surface area contributed by atoms with Gasteiger partial charge in [0.2, 0.25) is 5.82 Å². The third-order valence-electron chi connectivity index (χ3n) is 3.82. The molecule has 1 N–H and O–H groups in total. The molecule has 5 heteroatoms. The van der Waals surface area contributed by atoms with Crippen molar-refractivity contribution in [3.8, 4) is 5.75 Å². The maximum atomic E-state index is 14.6. The number of halogens is 2. The highest BCUT2D eigenvalue weighted by atomic mass is 19.1. The standard InChI is InChI=1S/C17H16F2O3/c1-3-4-12(20)11-6-5-9-10-7-8-13(21-2)15(19)17(10)22-16(9)14(11)18/h5-8,12,20H,3-4H2,1-2H3/t12-/m1/s1. The van der Waals surface area contributed by atoms with Crippen LogP contribution < -0.4 is 4.74 Å². The van der Waals surface area contributed by atoms with Gasteiger partial charge in [-0.15, -0.1) is 0 Å². The average Bonchev–Trinajstić information content (AvgIpc) is 2.89. The summed E-state index contributed by atoms with van der Waals surface area (Å²) in [4.78, 5) is 0. The highest BCUT2D eigenvalue weighted by Gasteiger charge is 2.21. The van der Waals surface area contributed by atoms with Gasteiger partial charge in [0.1, 0.15) is 0 Å². The Bertz CT molecular complexity index is 839. The lowest BCUT2D eigenvalue weighted by Crippen LogP contribution is -2.00. The minimum Gasteiger partial charge on any atom is -0.494 e. The minimum atomic E-state index is -0.901. The van der Waals surface area contributed by atoms with E-state index >= 15 is 0 Å². The third-order valence-corrected chi connectivity index (χ3v) is 3.82. The summed E-state index contributed by atoms with van der Waals surface area (Å²) in [6, 6.07) is 6.27. The normalized spacial score (nSPS) is 13.0. The van der Waals surface area contributed by atoms with Gasteiger partial charge in [0.05, 0.1) is 13.2 Å². The van der Waals surface area contributed by atoms with Gasteiger partial charge in [0.15, 0.2) is 22.7 Å². The highest BCUT2D eigenvalue weighted by Crippen LogP contribution is 2.37. The fraction of sp³-hybridized carbons (Fsp3) is 0.294. The van der Waals surface area contributed by atoms with Crippen molar-refractivity contribution < 1.29 is 23.0 Å². The van der Waals surface area contributed by atoms with Crippen molar-refractivity contribution in [3.63, 3.8) is 0 Å². The van der Waals surface area contributed by atoms with Gasteiger partial charge < -0.3 is 14.3 Å². The number of hydrogen-bond donors (Lipinski definition) is 1. The number of aliphatic hydroxyl groups is 1. The molecule has 0 saturated heterocycles. The zero-order chi connectivity index (χ0) is 15.9. The third kappa shape index (κ3) is 2.13. The fourth-order valence-corrected chi connectivity index (χ4v) is 2.68. The van der Waals surface area contributed by atoms with Gasteiger partial charge >= 0.3 is 0 Å². The van der Waals surface area contributed by atoms with Crippen LogP contribution in [0, 0.1) is 11.6 Å². The molecule has 0 fully saturated rings. The summed E-state index contributed by atoms with van der Waals surface area (Å²) < 4.78 is 39.1. The summed E-state index contributed by atoms with van der Waals surface area (Å²) in [6.07, 6.45) is 0.275. The van der Waals surface area contributed by atoms with E-state index in [1.54, 1.807) is 12.1 Å². The van der Waals surface area contributed by atoms with Gasteiger partial charge in [-0.1, -0.05) is 19.4 Å². The number of fused-ring (bicyclic) bond motifs is 3. The van der Waals surface area contributed by atoms with Crippen molar-refractivity contribution >= 4 is 21.9 Å². The fourth-order valence-electron chi connectivity index (χ4n) is 2.68. The van der Waals surface area contributed by atoms with Crippen LogP contribution in [0.25, 0.3) is 21.9 Å². The van der Waals surface area contributed by atoms with E-state index in [-0.39, 0.29) is 22.5 Å². The predicted octanol–water partition coefficient (Wildman–Crippen LogP) is 4.71. The minimum absolute atomic E-state index is 0.0400. The van der Waals surface area contributed by atoms with Crippen LogP contribution in [0.1, 0.15) is 31.4 Å². The van der Waals surface area contributed by atoms with E-state index in [1.165, 1.54) is 19.2 Å². The van der Waals surface area contributed by atoms with E-state index in [1.807, 2.05) is 6.92 Å². The Morgan fingerprint density at radius 1 is 1.09 bits per heavy atom. The van der Waals surface area contributed by atoms with Crippen molar-refractivity contribution in [2.45, 2.75) is 25.9 Å². The molecule has 0 aliphatic rings. The average molecular weight is 306 g/mol. The van der Waals surface area contributed by atoms with Crippen LogP contribution in [0.15, 0.2) is 28.7 Å².